The quantitative estimate of drug-likeness (QED) is 0.678. The SMILES string of the molecule is O=C1NC(c2ccc(Cl)cc2)=NNC1c1c[nH]c2ccccc12. The molecular formula is C17H13ClN4O. The summed E-state index contributed by atoms with van der Waals surface area (Å²) in [4.78, 5) is 15.7. The monoisotopic (exact) mass is 324 g/mol. The van der Waals surface area contributed by atoms with Gasteiger partial charge in [-0.05, 0) is 30.3 Å². The molecule has 1 aliphatic heterocycles. The van der Waals surface area contributed by atoms with Crippen LogP contribution >= 0.6 is 11.6 Å². The van der Waals surface area contributed by atoms with Gasteiger partial charge in [0, 0.05) is 33.2 Å². The van der Waals surface area contributed by atoms with E-state index in [1.165, 1.54) is 0 Å². The molecule has 0 fully saturated rings. The molecule has 1 aliphatic rings. The number of carbonyl (C=O) groups is 1. The van der Waals surface area contributed by atoms with E-state index in [9.17, 15) is 4.79 Å². The summed E-state index contributed by atoms with van der Waals surface area (Å²) in [6, 6.07) is 14.5. The van der Waals surface area contributed by atoms with E-state index in [2.05, 4.69) is 20.8 Å². The zero-order valence-electron chi connectivity index (χ0n) is 12.0. The zero-order chi connectivity index (χ0) is 15.8. The van der Waals surface area contributed by atoms with Crippen LogP contribution in [0.25, 0.3) is 10.9 Å². The first-order valence-electron chi connectivity index (χ1n) is 7.18. The number of amides is 1. The molecular weight excluding hydrogens is 312 g/mol. The third-order valence-electron chi connectivity index (χ3n) is 3.86. The summed E-state index contributed by atoms with van der Waals surface area (Å²) in [6.07, 6.45) is 1.84. The van der Waals surface area contributed by atoms with E-state index in [1.54, 1.807) is 12.1 Å². The van der Waals surface area contributed by atoms with Crippen molar-refractivity contribution >= 4 is 34.2 Å². The molecule has 0 radical (unpaired) electrons. The number of nitrogens with one attached hydrogen (secondary N) is 3. The summed E-state index contributed by atoms with van der Waals surface area (Å²) in [6.45, 7) is 0. The molecule has 5 nitrogen and oxygen atoms in total. The molecule has 2 aromatic carbocycles. The summed E-state index contributed by atoms with van der Waals surface area (Å²) in [5, 5.41) is 8.79. The predicted molar refractivity (Wildman–Crippen MR) is 90.3 cm³/mol. The number of carbonyl (C=O) groups excluding carboxylic acids is 1. The third-order valence-corrected chi connectivity index (χ3v) is 4.11. The molecule has 1 atom stereocenters. The summed E-state index contributed by atoms with van der Waals surface area (Å²) in [5.41, 5.74) is 5.61. The first-order chi connectivity index (χ1) is 11.2. The number of hydrogen-bond acceptors (Lipinski definition) is 3. The van der Waals surface area contributed by atoms with Crippen LogP contribution in [-0.2, 0) is 4.79 Å². The number of aromatic nitrogens is 1. The average molecular weight is 325 g/mol. The Labute approximate surface area is 137 Å². The van der Waals surface area contributed by atoms with E-state index >= 15 is 0 Å². The van der Waals surface area contributed by atoms with Gasteiger partial charge in [-0.2, -0.15) is 5.10 Å². The maximum Gasteiger partial charge on any atom is 0.254 e. The normalized spacial score (nSPS) is 17.5. The molecule has 0 saturated heterocycles. The molecule has 4 rings (SSSR count). The van der Waals surface area contributed by atoms with Crippen LogP contribution in [0.1, 0.15) is 17.2 Å². The van der Waals surface area contributed by atoms with Crippen LogP contribution in [0.2, 0.25) is 5.02 Å². The first kappa shape index (κ1) is 13.8. The lowest BCUT2D eigenvalue weighted by Gasteiger charge is -2.22. The number of H-pyrrole nitrogens is 1. The second-order valence-corrected chi connectivity index (χ2v) is 5.74. The minimum atomic E-state index is -0.526. The van der Waals surface area contributed by atoms with Gasteiger partial charge in [0.05, 0.1) is 0 Å². The van der Waals surface area contributed by atoms with Gasteiger partial charge < -0.3 is 10.3 Å². The maximum atomic E-state index is 12.5. The standard InChI is InChI=1S/C17H13ClN4O/c18-11-7-5-10(6-8-11)16-20-17(23)15(21-22-16)13-9-19-14-4-2-1-3-12(13)14/h1-9,15,19,21H,(H,20,22,23). The van der Waals surface area contributed by atoms with Crippen molar-refractivity contribution in [3.05, 3.63) is 70.9 Å². The van der Waals surface area contributed by atoms with Gasteiger partial charge in [0.1, 0.15) is 6.04 Å². The van der Waals surface area contributed by atoms with Crippen molar-refractivity contribution in [2.75, 3.05) is 0 Å². The lowest BCUT2D eigenvalue weighted by molar-refractivity contribution is -0.122. The number of rotatable bonds is 2. The molecule has 23 heavy (non-hydrogen) atoms. The number of aromatic amines is 1. The van der Waals surface area contributed by atoms with Gasteiger partial charge in [-0.15, -0.1) is 0 Å². The van der Waals surface area contributed by atoms with E-state index in [4.69, 9.17) is 11.6 Å². The second kappa shape index (κ2) is 5.44. The van der Waals surface area contributed by atoms with E-state index in [0.29, 0.717) is 10.9 Å². The highest BCUT2D eigenvalue weighted by Crippen LogP contribution is 2.25. The number of amidine groups is 1. The van der Waals surface area contributed by atoms with Crippen LogP contribution < -0.4 is 10.7 Å². The molecule has 3 aromatic rings. The van der Waals surface area contributed by atoms with Gasteiger partial charge in [-0.25, -0.2) is 0 Å². The minimum Gasteiger partial charge on any atom is -0.361 e. The van der Waals surface area contributed by atoms with E-state index in [0.717, 1.165) is 22.0 Å². The molecule has 0 aliphatic carbocycles. The fourth-order valence-corrected chi connectivity index (χ4v) is 2.82. The molecule has 114 valence electrons. The van der Waals surface area contributed by atoms with Gasteiger partial charge in [0.15, 0.2) is 5.84 Å². The van der Waals surface area contributed by atoms with Crippen molar-refractivity contribution in [3.63, 3.8) is 0 Å². The molecule has 2 heterocycles. The largest absolute Gasteiger partial charge is 0.361 e. The molecule has 0 spiro atoms. The number of hydrazone groups is 1. The van der Waals surface area contributed by atoms with Crippen LogP contribution in [0.4, 0.5) is 0 Å². The second-order valence-electron chi connectivity index (χ2n) is 5.31. The number of para-hydroxylation sites is 1. The Morgan fingerprint density at radius 3 is 2.61 bits per heavy atom. The van der Waals surface area contributed by atoms with Gasteiger partial charge >= 0.3 is 0 Å². The summed E-state index contributed by atoms with van der Waals surface area (Å²) < 4.78 is 0. The number of fused-ring (bicyclic) bond motifs is 1. The number of nitrogens with zero attached hydrogens (tertiary/aromatic N) is 1. The Morgan fingerprint density at radius 1 is 1.04 bits per heavy atom. The molecule has 1 aromatic heterocycles. The Hall–Kier alpha value is -2.79. The Kier molecular flexibility index (Phi) is 3.28. The van der Waals surface area contributed by atoms with Gasteiger partial charge in [-0.1, -0.05) is 29.8 Å². The lowest BCUT2D eigenvalue weighted by Crippen LogP contribution is -2.45. The Morgan fingerprint density at radius 2 is 1.83 bits per heavy atom. The summed E-state index contributed by atoms with van der Waals surface area (Å²) in [7, 11) is 0. The molecule has 0 bridgehead atoms. The van der Waals surface area contributed by atoms with Crippen LogP contribution in [0.15, 0.2) is 59.8 Å². The van der Waals surface area contributed by atoms with Crippen LogP contribution in [0.5, 0.6) is 0 Å². The van der Waals surface area contributed by atoms with Gasteiger partial charge in [0.2, 0.25) is 0 Å². The Bertz CT molecular complexity index is 914. The van der Waals surface area contributed by atoms with Crippen molar-refractivity contribution in [2.24, 2.45) is 5.10 Å². The van der Waals surface area contributed by atoms with Crippen LogP contribution in [0.3, 0.4) is 0 Å². The fraction of sp³-hybridized carbons (Fsp3) is 0.0588. The van der Waals surface area contributed by atoms with Crippen molar-refractivity contribution in [3.8, 4) is 0 Å². The van der Waals surface area contributed by atoms with Crippen LogP contribution in [-0.4, -0.2) is 16.7 Å². The maximum absolute atomic E-state index is 12.5. The van der Waals surface area contributed by atoms with Crippen molar-refractivity contribution < 1.29 is 4.79 Å². The molecule has 1 amide bonds. The summed E-state index contributed by atoms with van der Waals surface area (Å²) in [5.74, 6) is 0.345. The molecule has 1 unspecified atom stereocenters. The van der Waals surface area contributed by atoms with E-state index < -0.39 is 6.04 Å². The fourth-order valence-electron chi connectivity index (χ4n) is 2.69. The minimum absolute atomic E-state index is 0.144. The highest BCUT2D eigenvalue weighted by Gasteiger charge is 2.28. The van der Waals surface area contributed by atoms with E-state index in [-0.39, 0.29) is 5.91 Å². The third kappa shape index (κ3) is 2.45. The number of hydrogen-bond donors (Lipinski definition) is 3. The van der Waals surface area contributed by atoms with Crippen molar-refractivity contribution in [1.82, 2.24) is 15.7 Å². The van der Waals surface area contributed by atoms with Gasteiger partial charge in [-0.3, -0.25) is 10.2 Å². The molecule has 3 N–H and O–H groups in total. The smallest absolute Gasteiger partial charge is 0.254 e. The molecule has 0 saturated carbocycles. The summed E-state index contributed by atoms with van der Waals surface area (Å²) >= 11 is 5.88. The highest BCUT2D eigenvalue weighted by atomic mass is 35.5. The molecule has 6 heteroatoms. The lowest BCUT2D eigenvalue weighted by atomic mass is 10.0. The Balaban J connectivity index is 1.66. The zero-order valence-corrected chi connectivity index (χ0v) is 12.8. The number of benzene rings is 2. The van der Waals surface area contributed by atoms with Gasteiger partial charge in [0.25, 0.3) is 5.91 Å². The average Bonchev–Trinajstić information content (AvgIpc) is 2.99. The highest BCUT2D eigenvalue weighted by molar-refractivity contribution is 6.30. The van der Waals surface area contributed by atoms with Crippen LogP contribution in [0, 0.1) is 0 Å². The predicted octanol–water partition coefficient (Wildman–Crippen LogP) is 2.94. The number of halogens is 1. The van der Waals surface area contributed by atoms with Crippen molar-refractivity contribution in [1.29, 1.82) is 0 Å². The van der Waals surface area contributed by atoms with E-state index in [1.807, 2.05) is 42.6 Å². The topological polar surface area (TPSA) is 69.3 Å². The first-order valence-corrected chi connectivity index (χ1v) is 7.56. The van der Waals surface area contributed by atoms with Crippen molar-refractivity contribution in [2.45, 2.75) is 6.04 Å².